The number of carbonyl (C=O) groups is 1. The van der Waals surface area contributed by atoms with E-state index < -0.39 is 0 Å². The van der Waals surface area contributed by atoms with Crippen molar-refractivity contribution in [3.8, 4) is 0 Å². The summed E-state index contributed by atoms with van der Waals surface area (Å²) in [5.41, 5.74) is 0.915. The molecule has 1 aromatic rings. The zero-order chi connectivity index (χ0) is 13.0. The lowest BCUT2D eigenvalue weighted by molar-refractivity contribution is -0.142. The Hall–Kier alpha value is -1.46. The summed E-state index contributed by atoms with van der Waals surface area (Å²) < 4.78 is 23.0. The second-order valence-electron chi connectivity index (χ2n) is 4.28. The molecule has 1 aliphatic rings. The molecule has 0 aliphatic carbocycles. The second kappa shape index (κ2) is 5.93. The van der Waals surface area contributed by atoms with E-state index in [1.54, 1.807) is 12.1 Å². The normalized spacial score (nSPS) is 23.0. The Balaban J connectivity index is 1.78. The molecule has 0 bridgehead atoms. The van der Waals surface area contributed by atoms with Crippen molar-refractivity contribution in [3.05, 3.63) is 35.6 Å². The summed E-state index contributed by atoms with van der Waals surface area (Å²) in [4.78, 5) is 11.3. The molecule has 1 aromatic carbocycles. The van der Waals surface area contributed by atoms with Crippen molar-refractivity contribution in [2.24, 2.45) is 0 Å². The van der Waals surface area contributed by atoms with E-state index in [1.807, 2.05) is 0 Å². The summed E-state index contributed by atoms with van der Waals surface area (Å²) in [6.45, 7) is 1.04. The topological polar surface area (TPSA) is 47.6 Å². The Labute approximate surface area is 105 Å². The van der Waals surface area contributed by atoms with Crippen LogP contribution in [0, 0.1) is 5.82 Å². The van der Waals surface area contributed by atoms with E-state index in [4.69, 9.17) is 4.74 Å². The predicted molar refractivity (Wildman–Crippen MR) is 63.4 cm³/mol. The van der Waals surface area contributed by atoms with Gasteiger partial charge in [-0.15, -0.1) is 0 Å². The minimum atomic E-state index is -0.284. The Morgan fingerprint density at radius 1 is 1.44 bits per heavy atom. The maximum absolute atomic E-state index is 12.7. The first-order valence-electron chi connectivity index (χ1n) is 5.86. The van der Waals surface area contributed by atoms with Gasteiger partial charge in [-0.25, -0.2) is 4.39 Å². The highest BCUT2D eigenvalue weighted by atomic mass is 19.1. The fourth-order valence-electron chi connectivity index (χ4n) is 1.95. The van der Waals surface area contributed by atoms with Crippen LogP contribution in [0.4, 0.5) is 4.39 Å². The largest absolute Gasteiger partial charge is 0.468 e. The van der Waals surface area contributed by atoms with E-state index in [2.05, 4.69) is 10.1 Å². The molecule has 1 saturated heterocycles. The summed E-state index contributed by atoms with van der Waals surface area (Å²) in [7, 11) is 1.37. The van der Waals surface area contributed by atoms with E-state index in [1.165, 1.54) is 19.2 Å². The fraction of sp³-hybridized carbons (Fsp3) is 0.462. The third-order valence-electron chi connectivity index (χ3n) is 2.98. The Bertz CT molecular complexity index is 407. The number of ether oxygens (including phenoxy) is 2. The number of hydrogen-bond donors (Lipinski definition) is 1. The fourth-order valence-corrected chi connectivity index (χ4v) is 1.95. The zero-order valence-corrected chi connectivity index (χ0v) is 10.2. The quantitative estimate of drug-likeness (QED) is 0.820. The molecule has 4 nitrogen and oxygen atoms in total. The molecule has 0 amide bonds. The minimum absolute atomic E-state index is 0.0147. The minimum Gasteiger partial charge on any atom is -0.468 e. The average molecular weight is 253 g/mol. The first kappa shape index (κ1) is 13.0. The maximum atomic E-state index is 12.7. The highest BCUT2D eigenvalue weighted by Crippen LogP contribution is 2.14. The zero-order valence-electron chi connectivity index (χ0n) is 10.2. The highest BCUT2D eigenvalue weighted by molar-refractivity contribution is 5.76. The first-order chi connectivity index (χ1) is 8.69. The van der Waals surface area contributed by atoms with Crippen LogP contribution in [0.3, 0.4) is 0 Å². The van der Waals surface area contributed by atoms with Gasteiger partial charge in [-0.2, -0.15) is 0 Å². The standard InChI is InChI=1S/C13H16FNO3/c1-17-13(16)12-6-11(7-15-12)18-8-9-2-4-10(14)5-3-9/h2-5,11-12,15H,6-8H2,1H3. The van der Waals surface area contributed by atoms with E-state index >= 15 is 0 Å². The lowest BCUT2D eigenvalue weighted by Crippen LogP contribution is -2.31. The summed E-state index contributed by atoms with van der Waals surface area (Å²) in [5.74, 6) is -0.519. The van der Waals surface area contributed by atoms with Crippen molar-refractivity contribution in [3.63, 3.8) is 0 Å². The van der Waals surface area contributed by atoms with Crippen LogP contribution in [-0.4, -0.2) is 31.8 Å². The highest BCUT2D eigenvalue weighted by Gasteiger charge is 2.30. The van der Waals surface area contributed by atoms with E-state index in [0.717, 1.165) is 5.56 Å². The summed E-state index contributed by atoms with van der Waals surface area (Å²) in [6, 6.07) is 5.91. The van der Waals surface area contributed by atoms with Gasteiger partial charge in [-0.05, 0) is 17.7 Å². The third kappa shape index (κ3) is 3.27. The van der Waals surface area contributed by atoms with Crippen LogP contribution in [-0.2, 0) is 20.9 Å². The molecule has 2 rings (SSSR count). The van der Waals surface area contributed by atoms with Crippen molar-refractivity contribution in [2.75, 3.05) is 13.7 Å². The SMILES string of the molecule is COC(=O)C1CC(OCc2ccc(F)cc2)CN1. The van der Waals surface area contributed by atoms with Crippen LogP contribution in [0.1, 0.15) is 12.0 Å². The van der Waals surface area contributed by atoms with Crippen molar-refractivity contribution in [1.29, 1.82) is 0 Å². The molecule has 18 heavy (non-hydrogen) atoms. The number of esters is 1. The van der Waals surface area contributed by atoms with Gasteiger partial charge in [-0.3, -0.25) is 4.79 Å². The number of carbonyl (C=O) groups excluding carboxylic acids is 1. The lowest BCUT2D eigenvalue weighted by atomic mass is 10.2. The Kier molecular flexibility index (Phi) is 4.28. The third-order valence-corrected chi connectivity index (χ3v) is 2.98. The Morgan fingerprint density at radius 2 is 2.17 bits per heavy atom. The summed E-state index contributed by atoms with van der Waals surface area (Å²) >= 11 is 0. The number of hydrogen-bond acceptors (Lipinski definition) is 4. The van der Waals surface area contributed by atoms with Gasteiger partial charge >= 0.3 is 5.97 Å². The Morgan fingerprint density at radius 3 is 2.83 bits per heavy atom. The van der Waals surface area contributed by atoms with Crippen LogP contribution < -0.4 is 5.32 Å². The molecule has 5 heteroatoms. The molecule has 1 fully saturated rings. The van der Waals surface area contributed by atoms with Gasteiger partial charge < -0.3 is 14.8 Å². The van der Waals surface area contributed by atoms with Gasteiger partial charge in [0.1, 0.15) is 11.9 Å². The van der Waals surface area contributed by atoms with Crippen molar-refractivity contribution in [2.45, 2.75) is 25.2 Å². The smallest absolute Gasteiger partial charge is 0.322 e. The van der Waals surface area contributed by atoms with E-state index in [9.17, 15) is 9.18 Å². The van der Waals surface area contributed by atoms with Gasteiger partial charge in [0.15, 0.2) is 0 Å². The second-order valence-corrected chi connectivity index (χ2v) is 4.28. The van der Waals surface area contributed by atoms with Gasteiger partial charge in [0.05, 0.1) is 19.8 Å². The van der Waals surface area contributed by atoms with Crippen LogP contribution in [0.15, 0.2) is 24.3 Å². The number of methoxy groups -OCH3 is 1. The molecular formula is C13H16FNO3. The molecule has 0 saturated carbocycles. The molecule has 1 aliphatic heterocycles. The number of nitrogens with one attached hydrogen (secondary N) is 1. The van der Waals surface area contributed by atoms with Crippen molar-refractivity contribution < 1.29 is 18.7 Å². The molecule has 0 spiro atoms. The lowest BCUT2D eigenvalue weighted by Gasteiger charge is -2.11. The number of halogens is 1. The molecule has 1 heterocycles. The van der Waals surface area contributed by atoms with Crippen LogP contribution in [0.2, 0.25) is 0 Å². The van der Waals surface area contributed by atoms with Crippen LogP contribution in [0.5, 0.6) is 0 Å². The van der Waals surface area contributed by atoms with Crippen molar-refractivity contribution >= 4 is 5.97 Å². The number of benzene rings is 1. The van der Waals surface area contributed by atoms with Gasteiger partial charge in [-0.1, -0.05) is 12.1 Å². The maximum Gasteiger partial charge on any atom is 0.322 e. The van der Waals surface area contributed by atoms with Gasteiger partial charge in [0.25, 0.3) is 0 Å². The van der Waals surface area contributed by atoms with E-state index in [-0.39, 0.29) is 23.9 Å². The molecule has 0 radical (unpaired) electrons. The summed E-state index contributed by atoms with van der Waals surface area (Å²) in [6.07, 6.45) is 0.590. The van der Waals surface area contributed by atoms with Gasteiger partial charge in [0, 0.05) is 13.0 Å². The first-order valence-corrected chi connectivity index (χ1v) is 5.86. The predicted octanol–water partition coefficient (Wildman–Crippen LogP) is 1.25. The van der Waals surface area contributed by atoms with Crippen LogP contribution in [0.25, 0.3) is 0 Å². The molecule has 98 valence electrons. The average Bonchev–Trinajstić information content (AvgIpc) is 2.86. The molecule has 0 aromatic heterocycles. The van der Waals surface area contributed by atoms with Crippen LogP contribution >= 0.6 is 0 Å². The summed E-state index contributed by atoms with van der Waals surface area (Å²) in [5, 5.41) is 3.04. The molecule has 2 atom stereocenters. The van der Waals surface area contributed by atoms with E-state index in [0.29, 0.717) is 19.6 Å². The number of rotatable bonds is 4. The van der Waals surface area contributed by atoms with Crippen molar-refractivity contribution in [1.82, 2.24) is 5.32 Å². The molecular weight excluding hydrogens is 237 g/mol. The molecule has 1 N–H and O–H groups in total. The van der Waals surface area contributed by atoms with Gasteiger partial charge in [0.2, 0.25) is 0 Å². The molecule has 2 unspecified atom stereocenters. The monoisotopic (exact) mass is 253 g/mol.